The van der Waals surface area contributed by atoms with E-state index < -0.39 is 0 Å². The van der Waals surface area contributed by atoms with E-state index in [0.29, 0.717) is 31.0 Å². The van der Waals surface area contributed by atoms with Crippen molar-refractivity contribution in [2.75, 3.05) is 26.0 Å². The van der Waals surface area contributed by atoms with Crippen LogP contribution in [0.5, 0.6) is 5.75 Å². The standard InChI is InChI=1S/C25H24FN5O/c1-31(2)14-16-3-5-17(6-4-16)19-12-28-25(21-11-27-15-30-24(19)21)29-13-20-18-9-10-32-23(18)8-7-22(20)26/h3-8,11-12,15H,9-10,13-14H2,1-2H3,(H,28,29). The summed E-state index contributed by atoms with van der Waals surface area (Å²) >= 11 is 0. The third-order valence-electron chi connectivity index (χ3n) is 5.68. The monoisotopic (exact) mass is 429 g/mol. The molecule has 0 atom stereocenters. The van der Waals surface area contributed by atoms with Crippen molar-refractivity contribution >= 4 is 16.7 Å². The molecule has 0 saturated heterocycles. The van der Waals surface area contributed by atoms with E-state index in [1.165, 1.54) is 18.0 Å². The van der Waals surface area contributed by atoms with Gasteiger partial charge in [0.05, 0.1) is 17.5 Å². The molecule has 1 aliphatic rings. The first-order valence-corrected chi connectivity index (χ1v) is 10.6. The molecule has 7 heteroatoms. The fourth-order valence-corrected chi connectivity index (χ4v) is 4.16. The Morgan fingerprint density at radius 3 is 2.72 bits per heavy atom. The van der Waals surface area contributed by atoms with Gasteiger partial charge in [0.1, 0.15) is 23.7 Å². The Bertz CT molecular complexity index is 1270. The zero-order valence-corrected chi connectivity index (χ0v) is 18.1. The lowest BCUT2D eigenvalue weighted by Gasteiger charge is -2.14. The zero-order valence-electron chi connectivity index (χ0n) is 18.1. The number of nitrogens with zero attached hydrogens (tertiary/aromatic N) is 4. The summed E-state index contributed by atoms with van der Waals surface area (Å²) in [4.78, 5) is 15.5. The number of nitrogens with one attached hydrogen (secondary N) is 1. The normalized spacial score (nSPS) is 12.8. The molecular formula is C25H24FN5O. The Morgan fingerprint density at radius 2 is 1.91 bits per heavy atom. The maximum Gasteiger partial charge on any atom is 0.137 e. The summed E-state index contributed by atoms with van der Waals surface area (Å²) in [6.07, 6.45) is 5.81. The maximum atomic E-state index is 14.5. The fraction of sp³-hybridized carbons (Fsp3) is 0.240. The van der Waals surface area contributed by atoms with Crippen LogP contribution < -0.4 is 10.1 Å². The summed E-state index contributed by atoms with van der Waals surface area (Å²) < 4.78 is 20.1. The molecule has 0 aliphatic carbocycles. The lowest BCUT2D eigenvalue weighted by Crippen LogP contribution is -2.10. The second-order valence-electron chi connectivity index (χ2n) is 8.19. The van der Waals surface area contributed by atoms with Crippen LogP contribution in [0.15, 0.2) is 55.1 Å². The van der Waals surface area contributed by atoms with Crippen LogP contribution in [0.2, 0.25) is 0 Å². The second-order valence-corrected chi connectivity index (χ2v) is 8.19. The topological polar surface area (TPSA) is 63.2 Å². The Balaban J connectivity index is 1.46. The lowest BCUT2D eigenvalue weighted by atomic mass is 10.0. The van der Waals surface area contributed by atoms with Crippen molar-refractivity contribution < 1.29 is 9.13 Å². The molecule has 32 heavy (non-hydrogen) atoms. The van der Waals surface area contributed by atoms with Crippen LogP contribution >= 0.6 is 0 Å². The Hall–Kier alpha value is -3.58. The molecule has 1 N–H and O–H groups in total. The number of ether oxygens (including phenoxy) is 1. The number of hydrogen-bond donors (Lipinski definition) is 1. The minimum Gasteiger partial charge on any atom is -0.493 e. The highest BCUT2D eigenvalue weighted by molar-refractivity contribution is 5.98. The Labute approximate surface area is 186 Å². The highest BCUT2D eigenvalue weighted by Crippen LogP contribution is 2.33. The molecule has 0 spiro atoms. The van der Waals surface area contributed by atoms with Gasteiger partial charge in [-0.25, -0.2) is 19.3 Å². The molecule has 5 rings (SSSR count). The largest absolute Gasteiger partial charge is 0.493 e. The van der Waals surface area contributed by atoms with E-state index in [0.717, 1.165) is 39.9 Å². The smallest absolute Gasteiger partial charge is 0.137 e. The van der Waals surface area contributed by atoms with Crippen molar-refractivity contribution in [3.8, 4) is 16.9 Å². The molecule has 2 aromatic heterocycles. The van der Waals surface area contributed by atoms with E-state index in [2.05, 4.69) is 63.5 Å². The summed E-state index contributed by atoms with van der Waals surface area (Å²) in [6.45, 7) is 1.78. The van der Waals surface area contributed by atoms with E-state index in [4.69, 9.17) is 4.74 Å². The van der Waals surface area contributed by atoms with Crippen molar-refractivity contribution in [3.05, 3.63) is 77.6 Å². The molecule has 0 bridgehead atoms. The Kier molecular flexibility index (Phi) is 5.41. The van der Waals surface area contributed by atoms with Crippen LogP contribution in [0.3, 0.4) is 0 Å². The van der Waals surface area contributed by atoms with E-state index in [9.17, 15) is 4.39 Å². The van der Waals surface area contributed by atoms with Crippen LogP contribution in [-0.4, -0.2) is 40.6 Å². The molecule has 0 saturated carbocycles. The molecule has 0 unspecified atom stereocenters. The SMILES string of the molecule is CN(C)Cc1ccc(-c2cnc(NCc3c(F)ccc4c3CCO4)c3cncnc23)cc1. The van der Waals surface area contributed by atoms with Crippen LogP contribution in [-0.2, 0) is 19.5 Å². The van der Waals surface area contributed by atoms with Gasteiger partial charge in [-0.2, -0.15) is 0 Å². The number of rotatable bonds is 6. The zero-order chi connectivity index (χ0) is 22.1. The molecule has 6 nitrogen and oxygen atoms in total. The highest BCUT2D eigenvalue weighted by Gasteiger charge is 2.20. The Morgan fingerprint density at radius 1 is 1.06 bits per heavy atom. The van der Waals surface area contributed by atoms with Gasteiger partial charge in [0, 0.05) is 48.6 Å². The molecule has 4 aromatic rings. The van der Waals surface area contributed by atoms with Gasteiger partial charge in [-0.3, -0.25) is 0 Å². The van der Waals surface area contributed by atoms with Crippen LogP contribution in [0.25, 0.3) is 22.0 Å². The number of fused-ring (bicyclic) bond motifs is 2. The van der Waals surface area contributed by atoms with Gasteiger partial charge in [-0.05, 0) is 37.4 Å². The predicted molar refractivity (Wildman–Crippen MR) is 123 cm³/mol. The molecule has 0 fully saturated rings. The van der Waals surface area contributed by atoms with E-state index in [1.54, 1.807) is 12.3 Å². The van der Waals surface area contributed by atoms with Gasteiger partial charge in [0.15, 0.2) is 0 Å². The molecule has 2 aromatic carbocycles. The first-order valence-electron chi connectivity index (χ1n) is 10.6. The van der Waals surface area contributed by atoms with Gasteiger partial charge in [-0.1, -0.05) is 24.3 Å². The lowest BCUT2D eigenvalue weighted by molar-refractivity contribution is 0.356. The van der Waals surface area contributed by atoms with E-state index >= 15 is 0 Å². The minimum atomic E-state index is -0.239. The first-order chi connectivity index (χ1) is 15.6. The number of benzene rings is 2. The molecule has 0 radical (unpaired) electrons. The van der Waals surface area contributed by atoms with Crippen LogP contribution in [0, 0.1) is 5.82 Å². The number of pyridine rings is 1. The third-order valence-corrected chi connectivity index (χ3v) is 5.68. The van der Waals surface area contributed by atoms with Gasteiger partial charge >= 0.3 is 0 Å². The van der Waals surface area contributed by atoms with Crippen molar-refractivity contribution in [2.45, 2.75) is 19.5 Å². The van der Waals surface area contributed by atoms with Crippen LogP contribution in [0.1, 0.15) is 16.7 Å². The number of hydrogen-bond acceptors (Lipinski definition) is 6. The fourth-order valence-electron chi connectivity index (χ4n) is 4.16. The number of halogens is 1. The van der Waals surface area contributed by atoms with Crippen molar-refractivity contribution in [3.63, 3.8) is 0 Å². The molecule has 162 valence electrons. The van der Waals surface area contributed by atoms with Crippen molar-refractivity contribution in [1.29, 1.82) is 0 Å². The number of aromatic nitrogens is 3. The molecule has 3 heterocycles. The van der Waals surface area contributed by atoms with E-state index in [1.807, 2.05) is 6.20 Å². The number of anilines is 1. The predicted octanol–water partition coefficient (Wildman–Crippen LogP) is 4.44. The average Bonchev–Trinajstić information content (AvgIpc) is 3.27. The van der Waals surface area contributed by atoms with Gasteiger partial charge in [0.2, 0.25) is 0 Å². The van der Waals surface area contributed by atoms with Crippen molar-refractivity contribution in [2.24, 2.45) is 0 Å². The van der Waals surface area contributed by atoms with E-state index in [-0.39, 0.29) is 5.82 Å². The maximum absolute atomic E-state index is 14.5. The molecular weight excluding hydrogens is 405 g/mol. The average molecular weight is 429 g/mol. The van der Waals surface area contributed by atoms with Gasteiger partial charge < -0.3 is 15.0 Å². The first kappa shape index (κ1) is 20.3. The summed E-state index contributed by atoms with van der Waals surface area (Å²) in [7, 11) is 4.10. The third kappa shape index (κ3) is 3.87. The summed E-state index contributed by atoms with van der Waals surface area (Å²) in [5.41, 5.74) is 5.56. The highest BCUT2D eigenvalue weighted by atomic mass is 19.1. The summed E-state index contributed by atoms with van der Waals surface area (Å²) in [5.74, 6) is 1.15. The minimum absolute atomic E-state index is 0.239. The van der Waals surface area contributed by atoms with Crippen LogP contribution in [0.4, 0.5) is 10.2 Å². The summed E-state index contributed by atoms with van der Waals surface area (Å²) in [6, 6.07) is 11.6. The van der Waals surface area contributed by atoms with Crippen molar-refractivity contribution in [1.82, 2.24) is 19.9 Å². The van der Waals surface area contributed by atoms with Gasteiger partial charge in [-0.15, -0.1) is 0 Å². The molecule has 1 aliphatic heterocycles. The molecule has 0 amide bonds. The second kappa shape index (κ2) is 8.51. The van der Waals surface area contributed by atoms with Gasteiger partial charge in [0.25, 0.3) is 0 Å². The summed E-state index contributed by atoms with van der Waals surface area (Å²) in [5, 5.41) is 4.09. The quantitative estimate of drug-likeness (QED) is 0.489.